The second kappa shape index (κ2) is 8.11. The zero-order chi connectivity index (χ0) is 19.3. The Bertz CT molecular complexity index is 739. The molecule has 2 unspecified atom stereocenters. The summed E-state index contributed by atoms with van der Waals surface area (Å²) < 4.78 is 68.1. The van der Waals surface area contributed by atoms with E-state index >= 15 is 0 Å². The van der Waals surface area contributed by atoms with E-state index in [1.54, 1.807) is 0 Å². The first-order valence-electron chi connectivity index (χ1n) is 7.49. The van der Waals surface area contributed by atoms with Crippen LogP contribution in [0, 0.1) is 0 Å². The highest BCUT2D eigenvalue weighted by Crippen LogP contribution is 2.31. The molecule has 0 radical (unpaired) electrons. The Hall–Kier alpha value is -2.71. The van der Waals surface area contributed by atoms with Gasteiger partial charge in [0, 0.05) is 16.3 Å². The lowest BCUT2D eigenvalue weighted by atomic mass is 9.97. The quantitative estimate of drug-likeness (QED) is 0.659. The summed E-state index contributed by atoms with van der Waals surface area (Å²) in [6.07, 6.45) is -5.12. The molecular formula is C17H14F5NO3. The second-order valence-corrected chi connectivity index (χ2v) is 5.28. The van der Waals surface area contributed by atoms with Crippen molar-refractivity contribution in [3.8, 4) is 16.9 Å². The second-order valence-electron chi connectivity index (χ2n) is 5.28. The molecule has 0 saturated heterocycles. The van der Waals surface area contributed by atoms with Crippen molar-refractivity contribution in [3.05, 3.63) is 48.3 Å². The van der Waals surface area contributed by atoms with Crippen LogP contribution >= 0.6 is 0 Å². The molecule has 1 heterocycles. The number of hydrogen-bond donors (Lipinski definition) is 0. The first-order chi connectivity index (χ1) is 12.3. The maximum Gasteiger partial charge on any atom is 0.391 e. The standard InChI is InChI=1S/C17H14F5NO3/c1-2-17(21,16(24)26-22)13-8-5-11(9-23-13)10-3-6-12(7-4-10)25-15(20)14(18)19/h3-9,14-15H,2H2,1H3. The van der Waals surface area contributed by atoms with Crippen LogP contribution in [0.5, 0.6) is 5.75 Å². The highest BCUT2D eigenvalue weighted by molar-refractivity contribution is 5.80. The van der Waals surface area contributed by atoms with Crippen molar-refractivity contribution in [2.24, 2.45) is 0 Å². The molecule has 0 amide bonds. The van der Waals surface area contributed by atoms with E-state index in [9.17, 15) is 26.9 Å². The van der Waals surface area contributed by atoms with Gasteiger partial charge in [0.1, 0.15) is 5.75 Å². The van der Waals surface area contributed by atoms with Gasteiger partial charge in [-0.1, -0.05) is 25.1 Å². The normalized spacial score (nSPS) is 14.6. The molecule has 26 heavy (non-hydrogen) atoms. The fourth-order valence-electron chi connectivity index (χ4n) is 2.20. The van der Waals surface area contributed by atoms with Crippen molar-refractivity contribution in [1.29, 1.82) is 0 Å². The van der Waals surface area contributed by atoms with E-state index in [0.717, 1.165) is 0 Å². The number of nitrogens with zero attached hydrogens (tertiary/aromatic N) is 1. The Labute approximate surface area is 145 Å². The summed E-state index contributed by atoms with van der Waals surface area (Å²) in [5.41, 5.74) is -1.98. The van der Waals surface area contributed by atoms with Gasteiger partial charge >= 0.3 is 12.4 Å². The molecule has 0 N–H and O–H groups in total. The van der Waals surface area contributed by atoms with E-state index in [-0.39, 0.29) is 17.9 Å². The van der Waals surface area contributed by atoms with Crippen molar-refractivity contribution in [2.45, 2.75) is 31.8 Å². The molecule has 0 spiro atoms. The minimum Gasteiger partial charge on any atom is -0.454 e. The van der Waals surface area contributed by atoms with Gasteiger partial charge in [-0.3, -0.25) is 9.93 Å². The number of aromatic nitrogens is 1. The van der Waals surface area contributed by atoms with Crippen LogP contribution < -0.4 is 4.74 Å². The van der Waals surface area contributed by atoms with Crippen molar-refractivity contribution in [1.82, 2.24) is 4.98 Å². The number of benzene rings is 1. The van der Waals surface area contributed by atoms with Gasteiger partial charge in [0.05, 0.1) is 5.69 Å². The summed E-state index contributed by atoms with van der Waals surface area (Å²) >= 11 is 0. The largest absolute Gasteiger partial charge is 0.454 e. The molecular weight excluding hydrogens is 361 g/mol. The molecule has 0 bridgehead atoms. The molecule has 2 aromatic rings. The van der Waals surface area contributed by atoms with Gasteiger partial charge in [-0.25, -0.2) is 18.0 Å². The Morgan fingerprint density at radius 1 is 1.12 bits per heavy atom. The number of halogens is 5. The SMILES string of the molecule is CCC(F)(C(=O)OF)c1ccc(-c2ccc(OC(F)C(F)F)cc2)cn1. The van der Waals surface area contributed by atoms with Crippen molar-refractivity contribution in [2.75, 3.05) is 0 Å². The number of alkyl halides is 4. The third kappa shape index (κ3) is 4.09. The zero-order valence-electron chi connectivity index (χ0n) is 13.5. The lowest BCUT2D eigenvalue weighted by molar-refractivity contribution is -0.200. The molecule has 0 saturated carbocycles. The predicted molar refractivity (Wildman–Crippen MR) is 81.5 cm³/mol. The lowest BCUT2D eigenvalue weighted by Crippen LogP contribution is -2.31. The molecule has 2 rings (SSSR count). The number of carbonyl (C=O) groups excluding carboxylic acids is 1. The third-order valence-electron chi connectivity index (χ3n) is 3.68. The first kappa shape index (κ1) is 19.6. The van der Waals surface area contributed by atoms with Crippen molar-refractivity contribution < 1.29 is 36.6 Å². The monoisotopic (exact) mass is 375 g/mol. The van der Waals surface area contributed by atoms with Crippen LogP contribution in [-0.4, -0.2) is 23.7 Å². The van der Waals surface area contributed by atoms with E-state index in [4.69, 9.17) is 0 Å². The van der Waals surface area contributed by atoms with E-state index in [0.29, 0.717) is 11.1 Å². The summed E-state index contributed by atoms with van der Waals surface area (Å²) in [6, 6.07) is 8.12. The van der Waals surface area contributed by atoms with Gasteiger partial charge in [-0.15, -0.1) is 0 Å². The highest BCUT2D eigenvalue weighted by Gasteiger charge is 2.43. The Morgan fingerprint density at radius 2 is 1.73 bits per heavy atom. The fourth-order valence-corrected chi connectivity index (χ4v) is 2.20. The molecule has 0 aliphatic carbocycles. The van der Waals surface area contributed by atoms with E-state index in [1.807, 2.05) is 0 Å². The van der Waals surface area contributed by atoms with Gasteiger partial charge in [-0.2, -0.15) is 4.39 Å². The number of hydrogen-bond acceptors (Lipinski definition) is 4. The average Bonchev–Trinajstić information content (AvgIpc) is 2.67. The maximum absolute atomic E-state index is 14.5. The zero-order valence-corrected chi connectivity index (χ0v) is 13.5. The number of ether oxygens (including phenoxy) is 1. The minimum absolute atomic E-state index is 0.0921. The summed E-state index contributed by atoms with van der Waals surface area (Å²) in [4.78, 5) is 18.1. The van der Waals surface area contributed by atoms with Crippen LogP contribution in [0.3, 0.4) is 0 Å². The highest BCUT2D eigenvalue weighted by atomic mass is 19.3. The first-order valence-corrected chi connectivity index (χ1v) is 7.49. The Balaban J connectivity index is 2.19. The van der Waals surface area contributed by atoms with Crippen LogP contribution in [0.25, 0.3) is 11.1 Å². The number of carbonyl (C=O) groups is 1. The van der Waals surface area contributed by atoms with Crippen LogP contribution in [0.4, 0.5) is 22.1 Å². The maximum atomic E-state index is 14.5. The van der Waals surface area contributed by atoms with Crippen LogP contribution in [-0.2, 0) is 15.4 Å². The van der Waals surface area contributed by atoms with Crippen molar-refractivity contribution >= 4 is 5.97 Å². The third-order valence-corrected chi connectivity index (χ3v) is 3.68. The van der Waals surface area contributed by atoms with E-state index < -0.39 is 24.4 Å². The van der Waals surface area contributed by atoms with E-state index in [1.165, 1.54) is 49.5 Å². The van der Waals surface area contributed by atoms with Gasteiger partial charge in [0.2, 0.25) is 0 Å². The van der Waals surface area contributed by atoms with Crippen LogP contribution in [0.15, 0.2) is 42.6 Å². The molecule has 0 aliphatic rings. The lowest BCUT2D eigenvalue weighted by Gasteiger charge is -2.18. The smallest absolute Gasteiger partial charge is 0.391 e. The molecule has 1 aromatic carbocycles. The number of pyridine rings is 1. The van der Waals surface area contributed by atoms with E-state index in [2.05, 4.69) is 14.7 Å². The van der Waals surface area contributed by atoms with Gasteiger partial charge in [-0.05, 0) is 30.2 Å². The van der Waals surface area contributed by atoms with Gasteiger partial charge in [0.25, 0.3) is 12.0 Å². The average molecular weight is 375 g/mol. The predicted octanol–water partition coefficient (Wildman–Crippen LogP) is 4.69. The minimum atomic E-state index is -3.26. The summed E-state index contributed by atoms with van der Waals surface area (Å²) in [5, 5.41) is 0. The number of rotatable bonds is 7. The van der Waals surface area contributed by atoms with Crippen molar-refractivity contribution in [3.63, 3.8) is 0 Å². The molecule has 4 nitrogen and oxygen atoms in total. The Morgan fingerprint density at radius 3 is 2.19 bits per heavy atom. The molecule has 1 aromatic heterocycles. The summed E-state index contributed by atoms with van der Waals surface area (Å²) in [5.74, 6) is -1.79. The fraction of sp³-hybridized carbons (Fsp3) is 0.294. The van der Waals surface area contributed by atoms with Gasteiger partial charge in [0.15, 0.2) is 0 Å². The Kier molecular flexibility index (Phi) is 6.12. The molecule has 2 atom stereocenters. The molecule has 9 heteroatoms. The summed E-state index contributed by atoms with van der Waals surface area (Å²) in [7, 11) is 0. The van der Waals surface area contributed by atoms with Crippen LogP contribution in [0.1, 0.15) is 19.0 Å². The van der Waals surface area contributed by atoms with Gasteiger partial charge < -0.3 is 4.74 Å². The molecule has 140 valence electrons. The molecule has 0 fully saturated rings. The topological polar surface area (TPSA) is 48.4 Å². The molecule has 0 aliphatic heterocycles. The summed E-state index contributed by atoms with van der Waals surface area (Å²) in [6.45, 7) is 1.34. The van der Waals surface area contributed by atoms with Crippen LogP contribution in [0.2, 0.25) is 0 Å².